The third kappa shape index (κ3) is 5.18. The van der Waals surface area contributed by atoms with Gasteiger partial charge >= 0.3 is 0 Å². The highest BCUT2D eigenvalue weighted by atomic mass is 19.1. The Morgan fingerprint density at radius 3 is 2.79 bits per heavy atom. The van der Waals surface area contributed by atoms with E-state index in [1.807, 2.05) is 6.92 Å². The number of carbonyl (C=O) groups excluding carboxylic acids is 1. The highest BCUT2D eigenvalue weighted by Crippen LogP contribution is 2.24. The average molecular weight is 335 g/mol. The predicted octanol–water partition coefficient (Wildman–Crippen LogP) is 3.14. The van der Waals surface area contributed by atoms with E-state index in [9.17, 15) is 9.18 Å². The number of carbonyl (C=O) groups is 1. The van der Waals surface area contributed by atoms with Crippen LogP contribution in [-0.4, -0.2) is 31.8 Å². The third-order valence-corrected chi connectivity index (χ3v) is 3.41. The minimum Gasteiger partial charge on any atom is -0.459 e. The molecule has 2 aromatic rings. The SMILES string of the molecule is CCOCCOC(C)C(=O)NCc1ccc(-c2ccccc2F)o1. The molecule has 1 heterocycles. The molecule has 1 unspecified atom stereocenters. The maximum atomic E-state index is 13.7. The van der Waals surface area contributed by atoms with Crippen molar-refractivity contribution >= 4 is 5.91 Å². The van der Waals surface area contributed by atoms with Gasteiger partial charge in [-0.05, 0) is 38.1 Å². The van der Waals surface area contributed by atoms with E-state index in [1.165, 1.54) is 6.07 Å². The summed E-state index contributed by atoms with van der Waals surface area (Å²) in [6.45, 7) is 5.22. The van der Waals surface area contributed by atoms with Crippen molar-refractivity contribution in [3.63, 3.8) is 0 Å². The molecule has 1 aromatic carbocycles. The number of furan rings is 1. The molecular weight excluding hydrogens is 313 g/mol. The zero-order valence-electron chi connectivity index (χ0n) is 13.9. The van der Waals surface area contributed by atoms with Crippen molar-refractivity contribution in [2.75, 3.05) is 19.8 Å². The second-order valence-electron chi connectivity index (χ2n) is 5.17. The van der Waals surface area contributed by atoms with Crippen molar-refractivity contribution < 1.29 is 23.1 Å². The zero-order chi connectivity index (χ0) is 17.4. The van der Waals surface area contributed by atoms with Crippen molar-refractivity contribution in [3.05, 3.63) is 48.0 Å². The highest BCUT2D eigenvalue weighted by Gasteiger charge is 2.14. The van der Waals surface area contributed by atoms with Crippen LogP contribution < -0.4 is 5.32 Å². The van der Waals surface area contributed by atoms with Crippen molar-refractivity contribution in [1.29, 1.82) is 0 Å². The molecule has 1 aromatic heterocycles. The standard InChI is InChI=1S/C18H22FNO4/c1-3-22-10-11-23-13(2)18(21)20-12-14-8-9-17(24-14)15-6-4-5-7-16(15)19/h4-9,13H,3,10-12H2,1-2H3,(H,20,21). The van der Waals surface area contributed by atoms with Gasteiger partial charge in [0, 0.05) is 6.61 Å². The Kier molecular flexibility index (Phi) is 6.96. The number of hydrogen-bond acceptors (Lipinski definition) is 4. The lowest BCUT2D eigenvalue weighted by Crippen LogP contribution is -2.34. The summed E-state index contributed by atoms with van der Waals surface area (Å²) in [7, 11) is 0. The van der Waals surface area contributed by atoms with Gasteiger partial charge in [0.1, 0.15) is 23.4 Å². The second-order valence-corrected chi connectivity index (χ2v) is 5.17. The fraction of sp³-hybridized carbons (Fsp3) is 0.389. The molecular formula is C18H22FNO4. The van der Waals surface area contributed by atoms with Gasteiger partial charge in [-0.1, -0.05) is 12.1 Å². The van der Waals surface area contributed by atoms with Crippen LogP contribution in [0.15, 0.2) is 40.8 Å². The molecule has 0 fully saturated rings. The lowest BCUT2D eigenvalue weighted by atomic mass is 10.1. The summed E-state index contributed by atoms with van der Waals surface area (Å²) in [6, 6.07) is 9.77. The molecule has 130 valence electrons. The molecule has 5 nitrogen and oxygen atoms in total. The van der Waals surface area contributed by atoms with Crippen molar-refractivity contribution in [2.45, 2.75) is 26.5 Å². The van der Waals surface area contributed by atoms with Crippen LogP contribution in [0.1, 0.15) is 19.6 Å². The largest absolute Gasteiger partial charge is 0.459 e. The molecule has 24 heavy (non-hydrogen) atoms. The lowest BCUT2D eigenvalue weighted by molar-refractivity contribution is -0.132. The first-order chi connectivity index (χ1) is 11.6. The van der Waals surface area contributed by atoms with E-state index in [0.29, 0.717) is 36.9 Å². The van der Waals surface area contributed by atoms with Crippen LogP contribution in [0.2, 0.25) is 0 Å². The minimum atomic E-state index is -0.577. The molecule has 0 spiro atoms. The summed E-state index contributed by atoms with van der Waals surface area (Å²) in [6.07, 6.45) is -0.577. The number of amides is 1. The van der Waals surface area contributed by atoms with Crippen molar-refractivity contribution in [1.82, 2.24) is 5.32 Å². The molecule has 0 bridgehead atoms. The lowest BCUT2D eigenvalue weighted by Gasteiger charge is -2.12. The van der Waals surface area contributed by atoms with Gasteiger partial charge in [-0.3, -0.25) is 4.79 Å². The van der Waals surface area contributed by atoms with Gasteiger partial charge in [-0.2, -0.15) is 0 Å². The van der Waals surface area contributed by atoms with E-state index < -0.39 is 6.10 Å². The van der Waals surface area contributed by atoms with Crippen molar-refractivity contribution in [2.24, 2.45) is 0 Å². The van der Waals surface area contributed by atoms with Gasteiger partial charge in [0.25, 0.3) is 0 Å². The average Bonchev–Trinajstić information content (AvgIpc) is 3.05. The van der Waals surface area contributed by atoms with Gasteiger partial charge in [-0.25, -0.2) is 4.39 Å². The van der Waals surface area contributed by atoms with E-state index in [4.69, 9.17) is 13.9 Å². The Balaban J connectivity index is 1.82. The first-order valence-corrected chi connectivity index (χ1v) is 7.92. The molecule has 6 heteroatoms. The Morgan fingerprint density at radius 1 is 1.25 bits per heavy atom. The minimum absolute atomic E-state index is 0.215. The van der Waals surface area contributed by atoms with Crippen LogP contribution in [-0.2, 0) is 20.8 Å². The Labute approximate surface area is 140 Å². The number of ether oxygens (including phenoxy) is 2. The molecule has 0 saturated carbocycles. The van der Waals surface area contributed by atoms with Crippen LogP contribution in [0.4, 0.5) is 4.39 Å². The van der Waals surface area contributed by atoms with Gasteiger partial charge in [0.2, 0.25) is 5.91 Å². The quantitative estimate of drug-likeness (QED) is 0.715. The summed E-state index contributed by atoms with van der Waals surface area (Å²) < 4.78 is 29.8. The van der Waals surface area contributed by atoms with Gasteiger partial charge in [-0.15, -0.1) is 0 Å². The molecule has 0 aliphatic rings. The number of rotatable bonds is 9. The number of nitrogens with one attached hydrogen (secondary N) is 1. The molecule has 2 rings (SSSR count). The van der Waals surface area contributed by atoms with Crippen molar-refractivity contribution in [3.8, 4) is 11.3 Å². The van der Waals surface area contributed by atoms with Gasteiger partial charge < -0.3 is 19.2 Å². The summed E-state index contributed by atoms with van der Waals surface area (Å²) in [4.78, 5) is 11.9. The van der Waals surface area contributed by atoms with E-state index in [1.54, 1.807) is 37.3 Å². The Hall–Kier alpha value is -2.18. The molecule has 1 atom stereocenters. The number of hydrogen-bond donors (Lipinski definition) is 1. The van der Waals surface area contributed by atoms with Crippen LogP contribution in [0.5, 0.6) is 0 Å². The first kappa shape index (κ1) is 18.2. The van der Waals surface area contributed by atoms with Gasteiger partial charge in [0.15, 0.2) is 0 Å². The van der Waals surface area contributed by atoms with Crippen LogP contribution in [0.25, 0.3) is 11.3 Å². The molecule has 0 saturated heterocycles. The van der Waals surface area contributed by atoms with Crippen LogP contribution in [0, 0.1) is 5.82 Å². The summed E-state index contributed by atoms with van der Waals surface area (Å²) in [5.74, 6) is 0.385. The molecule has 0 aliphatic heterocycles. The number of benzene rings is 1. The predicted molar refractivity (Wildman–Crippen MR) is 87.9 cm³/mol. The molecule has 0 aliphatic carbocycles. The zero-order valence-corrected chi connectivity index (χ0v) is 13.9. The van der Waals surface area contributed by atoms with E-state index >= 15 is 0 Å². The third-order valence-electron chi connectivity index (χ3n) is 3.41. The van der Waals surface area contributed by atoms with Gasteiger partial charge in [0.05, 0.1) is 25.3 Å². The maximum Gasteiger partial charge on any atom is 0.249 e. The highest BCUT2D eigenvalue weighted by molar-refractivity contribution is 5.80. The molecule has 1 amide bonds. The maximum absolute atomic E-state index is 13.7. The second kappa shape index (κ2) is 9.20. The smallest absolute Gasteiger partial charge is 0.249 e. The van der Waals surface area contributed by atoms with Crippen LogP contribution in [0.3, 0.4) is 0 Å². The molecule has 1 N–H and O–H groups in total. The van der Waals surface area contributed by atoms with E-state index in [2.05, 4.69) is 5.32 Å². The Morgan fingerprint density at radius 2 is 2.04 bits per heavy atom. The van der Waals surface area contributed by atoms with Crippen LogP contribution >= 0.6 is 0 Å². The monoisotopic (exact) mass is 335 g/mol. The summed E-state index contributed by atoms with van der Waals surface area (Å²) in [5.41, 5.74) is 0.391. The number of halogens is 1. The fourth-order valence-corrected chi connectivity index (χ4v) is 2.10. The fourth-order valence-electron chi connectivity index (χ4n) is 2.10. The molecule has 0 radical (unpaired) electrons. The van der Waals surface area contributed by atoms with E-state index in [0.717, 1.165) is 0 Å². The summed E-state index contributed by atoms with van der Waals surface area (Å²) >= 11 is 0. The first-order valence-electron chi connectivity index (χ1n) is 7.92. The topological polar surface area (TPSA) is 60.7 Å². The normalized spacial score (nSPS) is 12.1. The summed E-state index contributed by atoms with van der Waals surface area (Å²) in [5, 5.41) is 2.73. The van der Waals surface area contributed by atoms with E-state index in [-0.39, 0.29) is 18.3 Å². The Bertz CT molecular complexity index is 656.